The number of fused-ring (bicyclic) bond motifs is 1. The molecular formula is C11H7BrClO3-. The summed E-state index contributed by atoms with van der Waals surface area (Å²) in [5.41, 5.74) is 2.05. The van der Waals surface area contributed by atoms with Gasteiger partial charge in [0.25, 0.3) is 0 Å². The molecule has 0 atom stereocenters. The molecule has 1 aromatic carbocycles. The lowest BCUT2D eigenvalue weighted by molar-refractivity contribution is -0.304. The van der Waals surface area contributed by atoms with Crippen molar-refractivity contribution in [1.82, 2.24) is 0 Å². The minimum Gasteiger partial charge on any atom is -0.550 e. The van der Waals surface area contributed by atoms with Gasteiger partial charge in [-0.3, -0.25) is 0 Å². The topological polar surface area (TPSA) is 53.3 Å². The largest absolute Gasteiger partial charge is 0.550 e. The predicted molar refractivity (Wildman–Crippen MR) is 62.4 cm³/mol. The van der Waals surface area contributed by atoms with Crippen molar-refractivity contribution >= 4 is 44.5 Å². The fourth-order valence-electron chi connectivity index (χ4n) is 1.55. The summed E-state index contributed by atoms with van der Waals surface area (Å²) in [5, 5.41) is 11.9. The molecule has 1 aromatic heterocycles. The molecule has 0 amide bonds. The second-order valence-electron chi connectivity index (χ2n) is 3.50. The van der Waals surface area contributed by atoms with Gasteiger partial charge in [-0.15, -0.1) is 0 Å². The normalized spacial score (nSPS) is 10.9. The summed E-state index contributed by atoms with van der Waals surface area (Å²) in [7, 11) is 0. The van der Waals surface area contributed by atoms with Gasteiger partial charge in [0, 0.05) is 28.4 Å². The molecule has 0 N–H and O–H groups in total. The zero-order valence-corrected chi connectivity index (χ0v) is 10.7. The number of furan rings is 1. The van der Waals surface area contributed by atoms with E-state index in [1.54, 1.807) is 12.1 Å². The lowest BCUT2D eigenvalue weighted by atomic mass is 10.1. The highest BCUT2D eigenvalue weighted by atomic mass is 79.9. The summed E-state index contributed by atoms with van der Waals surface area (Å²) in [5.74, 6) is -1.15. The van der Waals surface area contributed by atoms with E-state index in [0.717, 1.165) is 5.56 Å². The number of benzene rings is 1. The molecule has 84 valence electrons. The Morgan fingerprint density at radius 3 is 2.88 bits per heavy atom. The molecule has 3 nitrogen and oxygen atoms in total. The standard InChI is InChI=1S/C11H8BrClO3/c1-5-2-9-6(3-8(5)13)7(4-10(14)15)11(12)16-9/h2-3H,4H2,1H3,(H,14,15)/p-1. The highest BCUT2D eigenvalue weighted by Crippen LogP contribution is 2.33. The van der Waals surface area contributed by atoms with Crippen molar-refractivity contribution in [1.29, 1.82) is 0 Å². The van der Waals surface area contributed by atoms with E-state index < -0.39 is 5.97 Å². The van der Waals surface area contributed by atoms with Crippen LogP contribution in [0.4, 0.5) is 0 Å². The molecule has 2 rings (SSSR count). The average molecular weight is 303 g/mol. The summed E-state index contributed by atoms with van der Waals surface area (Å²) in [4.78, 5) is 10.6. The quantitative estimate of drug-likeness (QED) is 0.856. The van der Waals surface area contributed by atoms with E-state index in [4.69, 9.17) is 16.0 Å². The monoisotopic (exact) mass is 301 g/mol. The minimum absolute atomic E-state index is 0.201. The fraction of sp³-hybridized carbons (Fsp3) is 0.182. The van der Waals surface area contributed by atoms with Crippen molar-refractivity contribution in [3.8, 4) is 0 Å². The zero-order chi connectivity index (χ0) is 11.9. The summed E-state index contributed by atoms with van der Waals surface area (Å²) < 4.78 is 5.81. The molecule has 0 saturated carbocycles. The number of halogens is 2. The molecule has 5 heteroatoms. The Kier molecular flexibility index (Phi) is 2.95. The van der Waals surface area contributed by atoms with E-state index in [-0.39, 0.29) is 6.42 Å². The van der Waals surface area contributed by atoms with Crippen LogP contribution in [0.15, 0.2) is 21.2 Å². The van der Waals surface area contributed by atoms with Gasteiger partial charge in [-0.1, -0.05) is 11.6 Å². The first-order valence-electron chi connectivity index (χ1n) is 4.56. The van der Waals surface area contributed by atoms with Crippen LogP contribution in [-0.4, -0.2) is 5.97 Å². The Labute approximate surface area is 105 Å². The number of aliphatic carboxylic acids is 1. The number of carbonyl (C=O) groups excluding carboxylic acids is 1. The fourth-order valence-corrected chi connectivity index (χ4v) is 2.24. The van der Waals surface area contributed by atoms with Crippen LogP contribution in [0, 0.1) is 6.92 Å². The van der Waals surface area contributed by atoms with Gasteiger partial charge < -0.3 is 14.3 Å². The predicted octanol–water partition coefficient (Wildman–Crippen LogP) is 2.45. The van der Waals surface area contributed by atoms with E-state index in [0.29, 0.717) is 26.2 Å². The molecule has 0 aliphatic rings. The summed E-state index contributed by atoms with van der Waals surface area (Å²) in [6.07, 6.45) is -0.201. The van der Waals surface area contributed by atoms with Crippen LogP contribution in [0.5, 0.6) is 0 Å². The van der Waals surface area contributed by atoms with Gasteiger partial charge in [0.15, 0.2) is 4.67 Å². The van der Waals surface area contributed by atoms with Crippen molar-refractivity contribution in [2.24, 2.45) is 0 Å². The Balaban J connectivity index is 2.68. The third-order valence-electron chi connectivity index (χ3n) is 2.34. The van der Waals surface area contributed by atoms with Crippen molar-refractivity contribution < 1.29 is 14.3 Å². The van der Waals surface area contributed by atoms with Crippen molar-refractivity contribution in [2.75, 3.05) is 0 Å². The first kappa shape index (κ1) is 11.5. The number of carboxylic acids is 1. The van der Waals surface area contributed by atoms with Gasteiger partial charge in [-0.05, 0) is 40.5 Å². The van der Waals surface area contributed by atoms with Crippen LogP contribution in [0.1, 0.15) is 11.1 Å². The van der Waals surface area contributed by atoms with E-state index >= 15 is 0 Å². The zero-order valence-electron chi connectivity index (χ0n) is 8.34. The van der Waals surface area contributed by atoms with Gasteiger partial charge in [-0.2, -0.15) is 0 Å². The number of carboxylic acid groups (broad SMARTS) is 1. The first-order chi connectivity index (χ1) is 7.49. The molecule has 0 fully saturated rings. The molecule has 0 unspecified atom stereocenters. The Morgan fingerprint density at radius 2 is 2.25 bits per heavy atom. The lowest BCUT2D eigenvalue weighted by Crippen LogP contribution is -2.24. The molecule has 16 heavy (non-hydrogen) atoms. The summed E-state index contributed by atoms with van der Waals surface area (Å²) in [6, 6.07) is 3.49. The number of hydrogen-bond donors (Lipinski definition) is 0. The van der Waals surface area contributed by atoms with Gasteiger partial charge in [-0.25, -0.2) is 0 Å². The third-order valence-corrected chi connectivity index (χ3v) is 3.39. The van der Waals surface area contributed by atoms with E-state index in [9.17, 15) is 9.90 Å². The summed E-state index contributed by atoms with van der Waals surface area (Å²) in [6.45, 7) is 1.86. The first-order valence-corrected chi connectivity index (χ1v) is 5.73. The van der Waals surface area contributed by atoms with Crippen LogP contribution in [0.2, 0.25) is 5.02 Å². The van der Waals surface area contributed by atoms with Crippen molar-refractivity contribution in [3.05, 3.63) is 33.0 Å². The maximum Gasteiger partial charge on any atom is 0.174 e. The molecule has 0 aliphatic heterocycles. The van der Waals surface area contributed by atoms with Crippen LogP contribution in [0.25, 0.3) is 11.0 Å². The molecule has 0 radical (unpaired) electrons. The molecule has 0 saturated heterocycles. The van der Waals surface area contributed by atoms with Crippen molar-refractivity contribution in [2.45, 2.75) is 13.3 Å². The van der Waals surface area contributed by atoms with E-state index in [2.05, 4.69) is 15.9 Å². The number of carbonyl (C=O) groups is 1. The highest BCUT2D eigenvalue weighted by molar-refractivity contribution is 9.10. The lowest BCUT2D eigenvalue weighted by Gasteiger charge is -2.01. The smallest absolute Gasteiger partial charge is 0.174 e. The molecule has 0 bridgehead atoms. The average Bonchev–Trinajstić information content (AvgIpc) is 2.45. The van der Waals surface area contributed by atoms with Crippen LogP contribution in [-0.2, 0) is 11.2 Å². The number of aryl methyl sites for hydroxylation is 1. The van der Waals surface area contributed by atoms with E-state index in [1.807, 2.05) is 6.92 Å². The summed E-state index contributed by atoms with van der Waals surface area (Å²) >= 11 is 9.17. The molecule has 2 aromatic rings. The SMILES string of the molecule is Cc1cc2oc(Br)c(CC(=O)[O-])c2cc1Cl. The second kappa shape index (κ2) is 4.11. The second-order valence-corrected chi connectivity index (χ2v) is 4.63. The van der Waals surface area contributed by atoms with Gasteiger partial charge >= 0.3 is 0 Å². The Hall–Kier alpha value is -1.00. The maximum atomic E-state index is 10.6. The number of rotatable bonds is 2. The van der Waals surface area contributed by atoms with Crippen LogP contribution >= 0.6 is 27.5 Å². The van der Waals surface area contributed by atoms with Crippen LogP contribution < -0.4 is 5.11 Å². The van der Waals surface area contributed by atoms with Crippen LogP contribution in [0.3, 0.4) is 0 Å². The molecule has 0 aliphatic carbocycles. The molecular weight excluding hydrogens is 295 g/mol. The minimum atomic E-state index is -1.15. The third kappa shape index (κ3) is 1.95. The van der Waals surface area contributed by atoms with Gasteiger partial charge in [0.05, 0.1) is 0 Å². The van der Waals surface area contributed by atoms with Gasteiger partial charge in [0.2, 0.25) is 0 Å². The molecule has 0 spiro atoms. The Bertz CT molecular complexity index is 574. The maximum absolute atomic E-state index is 10.6. The van der Waals surface area contributed by atoms with E-state index in [1.165, 1.54) is 0 Å². The molecule has 1 heterocycles. The number of hydrogen-bond acceptors (Lipinski definition) is 3. The Morgan fingerprint density at radius 1 is 1.56 bits per heavy atom. The van der Waals surface area contributed by atoms with Crippen molar-refractivity contribution in [3.63, 3.8) is 0 Å². The highest BCUT2D eigenvalue weighted by Gasteiger charge is 2.13. The van der Waals surface area contributed by atoms with Gasteiger partial charge in [0.1, 0.15) is 5.58 Å².